The molecule has 0 atom stereocenters. The van der Waals surface area contributed by atoms with Crippen LogP contribution < -0.4 is 0 Å². The summed E-state index contributed by atoms with van der Waals surface area (Å²) in [6.07, 6.45) is 1.58. The monoisotopic (exact) mass is 203 g/mol. The lowest BCUT2D eigenvalue weighted by Gasteiger charge is -2.01. The Balaban J connectivity index is 2.48. The molecule has 0 saturated heterocycles. The Kier molecular flexibility index (Phi) is 2.25. The van der Waals surface area contributed by atoms with Crippen molar-refractivity contribution in [2.45, 2.75) is 6.92 Å². The summed E-state index contributed by atoms with van der Waals surface area (Å²) in [7, 11) is 0. The van der Waals surface area contributed by atoms with Crippen LogP contribution in [0, 0.1) is 17.0 Å². The zero-order valence-electron chi connectivity index (χ0n) is 8.14. The van der Waals surface area contributed by atoms with Crippen molar-refractivity contribution < 1.29 is 9.34 Å². The van der Waals surface area contributed by atoms with Crippen molar-refractivity contribution >= 4 is 5.69 Å². The van der Waals surface area contributed by atoms with Crippen LogP contribution in [0.4, 0.5) is 5.69 Å². The molecule has 4 nitrogen and oxygen atoms in total. The summed E-state index contributed by atoms with van der Waals surface area (Å²) in [6, 6.07) is 8.33. The first-order chi connectivity index (χ1) is 7.18. The maximum atomic E-state index is 10.5. The van der Waals surface area contributed by atoms with E-state index in [1.165, 1.54) is 12.1 Å². The molecule has 0 bridgehead atoms. The second-order valence-electron chi connectivity index (χ2n) is 3.23. The molecule has 0 aliphatic heterocycles. The van der Waals surface area contributed by atoms with Crippen LogP contribution in [0.1, 0.15) is 5.56 Å². The van der Waals surface area contributed by atoms with Gasteiger partial charge in [0.25, 0.3) is 5.69 Å². The van der Waals surface area contributed by atoms with Gasteiger partial charge in [0, 0.05) is 17.7 Å². The smallest absolute Gasteiger partial charge is 0.269 e. The summed E-state index contributed by atoms with van der Waals surface area (Å²) in [5.74, 6) is 0.724. The van der Waals surface area contributed by atoms with Crippen LogP contribution in [-0.4, -0.2) is 4.92 Å². The Labute approximate surface area is 86.3 Å². The SMILES string of the molecule is Cc1cc([N+](=O)[O-])ccc1-c1ccco1. The van der Waals surface area contributed by atoms with Gasteiger partial charge in [-0.1, -0.05) is 0 Å². The van der Waals surface area contributed by atoms with Crippen LogP contribution in [0.2, 0.25) is 0 Å². The van der Waals surface area contributed by atoms with E-state index < -0.39 is 4.92 Å². The van der Waals surface area contributed by atoms with Crippen LogP contribution in [-0.2, 0) is 0 Å². The van der Waals surface area contributed by atoms with E-state index in [-0.39, 0.29) is 5.69 Å². The van der Waals surface area contributed by atoms with Gasteiger partial charge in [0.05, 0.1) is 11.2 Å². The maximum Gasteiger partial charge on any atom is 0.269 e. The van der Waals surface area contributed by atoms with E-state index in [0.29, 0.717) is 0 Å². The largest absolute Gasteiger partial charge is 0.464 e. The van der Waals surface area contributed by atoms with Gasteiger partial charge in [-0.25, -0.2) is 0 Å². The molecule has 0 amide bonds. The van der Waals surface area contributed by atoms with Gasteiger partial charge in [-0.15, -0.1) is 0 Å². The average molecular weight is 203 g/mol. The minimum atomic E-state index is -0.404. The molecule has 15 heavy (non-hydrogen) atoms. The predicted molar refractivity (Wildman–Crippen MR) is 55.5 cm³/mol. The zero-order chi connectivity index (χ0) is 10.8. The molecule has 0 aliphatic rings. The molecule has 2 rings (SSSR count). The molecule has 2 aromatic rings. The van der Waals surface area contributed by atoms with Gasteiger partial charge in [-0.2, -0.15) is 0 Å². The highest BCUT2D eigenvalue weighted by Crippen LogP contribution is 2.26. The molecule has 0 unspecified atom stereocenters. The van der Waals surface area contributed by atoms with Crippen molar-refractivity contribution in [1.82, 2.24) is 0 Å². The number of nitrogens with zero attached hydrogens (tertiary/aromatic N) is 1. The lowest BCUT2D eigenvalue weighted by molar-refractivity contribution is -0.384. The van der Waals surface area contributed by atoms with Crippen LogP contribution in [0.5, 0.6) is 0 Å². The van der Waals surface area contributed by atoms with Crippen LogP contribution in [0.3, 0.4) is 0 Å². The van der Waals surface area contributed by atoms with Gasteiger partial charge in [-0.05, 0) is 30.7 Å². The van der Waals surface area contributed by atoms with E-state index in [1.54, 1.807) is 18.4 Å². The molecule has 0 radical (unpaired) electrons. The van der Waals surface area contributed by atoms with Gasteiger partial charge in [0.1, 0.15) is 5.76 Å². The molecule has 0 spiro atoms. The van der Waals surface area contributed by atoms with Gasteiger partial charge in [0.2, 0.25) is 0 Å². The summed E-state index contributed by atoms with van der Waals surface area (Å²) in [4.78, 5) is 10.1. The molecule has 0 N–H and O–H groups in total. The van der Waals surface area contributed by atoms with Crippen molar-refractivity contribution in [2.24, 2.45) is 0 Å². The fourth-order valence-electron chi connectivity index (χ4n) is 1.47. The van der Waals surface area contributed by atoms with E-state index in [1.807, 2.05) is 13.0 Å². The molecule has 1 aromatic heterocycles. The number of nitro groups is 1. The fourth-order valence-corrected chi connectivity index (χ4v) is 1.47. The minimum Gasteiger partial charge on any atom is -0.464 e. The first-order valence-electron chi connectivity index (χ1n) is 4.47. The molecule has 0 fully saturated rings. The molecule has 4 heteroatoms. The fraction of sp³-hybridized carbons (Fsp3) is 0.0909. The first-order valence-corrected chi connectivity index (χ1v) is 4.47. The number of aryl methyl sites for hydroxylation is 1. The van der Waals surface area contributed by atoms with Crippen LogP contribution in [0.15, 0.2) is 41.0 Å². The Morgan fingerprint density at radius 1 is 1.33 bits per heavy atom. The number of rotatable bonds is 2. The quantitative estimate of drug-likeness (QED) is 0.556. The van der Waals surface area contributed by atoms with Gasteiger partial charge in [0.15, 0.2) is 0 Å². The number of non-ortho nitro benzene ring substituents is 1. The molecule has 76 valence electrons. The van der Waals surface area contributed by atoms with Crippen LogP contribution in [0.25, 0.3) is 11.3 Å². The Hall–Kier alpha value is -2.10. The first kappa shape index (κ1) is 9.45. The number of furan rings is 1. The van der Waals surface area contributed by atoms with Gasteiger partial charge in [-0.3, -0.25) is 10.1 Å². The van der Waals surface area contributed by atoms with Crippen molar-refractivity contribution in [3.05, 3.63) is 52.3 Å². The Morgan fingerprint density at radius 2 is 2.13 bits per heavy atom. The Bertz CT molecular complexity index is 489. The highest BCUT2D eigenvalue weighted by Gasteiger charge is 2.10. The number of nitro benzene ring substituents is 1. The van der Waals surface area contributed by atoms with E-state index in [2.05, 4.69) is 0 Å². The summed E-state index contributed by atoms with van der Waals surface area (Å²) >= 11 is 0. The van der Waals surface area contributed by atoms with E-state index in [9.17, 15) is 10.1 Å². The molecule has 0 aliphatic carbocycles. The van der Waals surface area contributed by atoms with Gasteiger partial charge >= 0.3 is 0 Å². The number of hydrogen-bond acceptors (Lipinski definition) is 3. The van der Waals surface area contributed by atoms with Crippen molar-refractivity contribution in [2.75, 3.05) is 0 Å². The third-order valence-corrected chi connectivity index (χ3v) is 2.21. The topological polar surface area (TPSA) is 56.3 Å². The summed E-state index contributed by atoms with van der Waals surface area (Å²) in [5.41, 5.74) is 1.81. The van der Waals surface area contributed by atoms with E-state index in [4.69, 9.17) is 4.42 Å². The second-order valence-corrected chi connectivity index (χ2v) is 3.23. The average Bonchev–Trinajstić information content (AvgIpc) is 2.70. The van der Waals surface area contributed by atoms with Crippen molar-refractivity contribution in [3.63, 3.8) is 0 Å². The summed E-state index contributed by atoms with van der Waals surface area (Å²) in [6.45, 7) is 1.82. The van der Waals surface area contributed by atoms with Crippen molar-refractivity contribution in [3.8, 4) is 11.3 Å². The molecular weight excluding hydrogens is 194 g/mol. The molecule has 1 heterocycles. The predicted octanol–water partition coefficient (Wildman–Crippen LogP) is 3.16. The van der Waals surface area contributed by atoms with E-state index >= 15 is 0 Å². The highest BCUT2D eigenvalue weighted by molar-refractivity contribution is 5.63. The maximum absolute atomic E-state index is 10.5. The lowest BCUT2D eigenvalue weighted by Crippen LogP contribution is -1.89. The van der Waals surface area contributed by atoms with E-state index in [0.717, 1.165) is 16.9 Å². The second kappa shape index (κ2) is 3.57. The molecule has 0 saturated carbocycles. The lowest BCUT2D eigenvalue weighted by atomic mass is 10.1. The zero-order valence-corrected chi connectivity index (χ0v) is 8.14. The minimum absolute atomic E-state index is 0.0998. The molecule has 1 aromatic carbocycles. The van der Waals surface area contributed by atoms with Crippen molar-refractivity contribution in [1.29, 1.82) is 0 Å². The number of hydrogen-bond donors (Lipinski definition) is 0. The standard InChI is InChI=1S/C11H9NO3/c1-8-7-9(12(13)14)4-5-10(8)11-3-2-6-15-11/h2-7H,1H3. The van der Waals surface area contributed by atoms with Crippen LogP contribution >= 0.6 is 0 Å². The summed E-state index contributed by atoms with van der Waals surface area (Å²) in [5, 5.41) is 10.5. The number of benzene rings is 1. The normalized spacial score (nSPS) is 10.2. The Morgan fingerprint density at radius 3 is 2.67 bits per heavy atom. The highest BCUT2D eigenvalue weighted by atomic mass is 16.6. The third-order valence-electron chi connectivity index (χ3n) is 2.21. The third kappa shape index (κ3) is 1.74. The summed E-state index contributed by atoms with van der Waals surface area (Å²) < 4.78 is 5.23. The molecular formula is C11H9NO3. The van der Waals surface area contributed by atoms with Gasteiger partial charge < -0.3 is 4.42 Å².